The fourth-order valence-electron chi connectivity index (χ4n) is 2.76. The molecule has 0 saturated carbocycles. The standard InChI is InChI=1S/C20H38O5/c1-2-3-4-5-6-7-8-9-10-11-12-13-14-15-19(23)25-20(24)16-18(22)17-21/h18,21-22H,2-17H2,1H3. The van der Waals surface area contributed by atoms with Crippen molar-refractivity contribution in [1.29, 1.82) is 0 Å². The highest BCUT2D eigenvalue weighted by atomic mass is 16.6. The van der Waals surface area contributed by atoms with Crippen LogP contribution in [-0.4, -0.2) is 34.9 Å². The Hall–Kier alpha value is -0.940. The molecule has 0 aliphatic heterocycles. The molecular formula is C20H38O5. The van der Waals surface area contributed by atoms with Crippen molar-refractivity contribution in [2.24, 2.45) is 0 Å². The molecule has 5 nitrogen and oxygen atoms in total. The number of hydrogen-bond acceptors (Lipinski definition) is 5. The van der Waals surface area contributed by atoms with Crippen LogP contribution in [0, 0.1) is 0 Å². The summed E-state index contributed by atoms with van der Waals surface area (Å²) in [4.78, 5) is 22.7. The first-order chi connectivity index (χ1) is 12.1. The lowest BCUT2D eigenvalue weighted by molar-refractivity contribution is -0.161. The van der Waals surface area contributed by atoms with Crippen LogP contribution >= 0.6 is 0 Å². The summed E-state index contributed by atoms with van der Waals surface area (Å²) in [6.45, 7) is 1.73. The summed E-state index contributed by atoms with van der Waals surface area (Å²) in [5.74, 6) is -1.32. The number of aliphatic hydroxyl groups is 2. The fraction of sp³-hybridized carbons (Fsp3) is 0.900. The molecule has 0 aliphatic rings. The first kappa shape index (κ1) is 24.1. The fourth-order valence-corrected chi connectivity index (χ4v) is 2.76. The third-order valence-electron chi connectivity index (χ3n) is 4.33. The van der Waals surface area contributed by atoms with Gasteiger partial charge in [0.2, 0.25) is 0 Å². The summed E-state index contributed by atoms with van der Waals surface area (Å²) in [7, 11) is 0. The second kappa shape index (κ2) is 17.9. The molecule has 0 rings (SSSR count). The van der Waals surface area contributed by atoms with E-state index in [0.717, 1.165) is 19.3 Å². The van der Waals surface area contributed by atoms with Crippen molar-refractivity contribution >= 4 is 11.9 Å². The predicted octanol–water partition coefficient (Wildman–Crippen LogP) is 4.28. The van der Waals surface area contributed by atoms with Crippen molar-refractivity contribution in [2.75, 3.05) is 6.61 Å². The maximum atomic E-state index is 11.4. The van der Waals surface area contributed by atoms with Crippen LogP contribution in [0.1, 0.15) is 103 Å². The minimum absolute atomic E-state index is 0.235. The Morgan fingerprint density at radius 3 is 1.64 bits per heavy atom. The monoisotopic (exact) mass is 358 g/mol. The summed E-state index contributed by atoms with van der Waals surface area (Å²) in [6.07, 6.45) is 14.8. The number of ether oxygens (including phenoxy) is 1. The minimum Gasteiger partial charge on any atom is -0.394 e. The number of esters is 2. The Labute approximate surface area is 153 Å². The van der Waals surface area contributed by atoms with E-state index in [4.69, 9.17) is 10.2 Å². The number of aliphatic hydroxyl groups excluding tert-OH is 2. The molecule has 2 N–H and O–H groups in total. The van der Waals surface area contributed by atoms with Gasteiger partial charge in [-0.05, 0) is 6.42 Å². The van der Waals surface area contributed by atoms with Crippen LogP contribution in [0.15, 0.2) is 0 Å². The zero-order chi connectivity index (χ0) is 18.8. The molecule has 0 radical (unpaired) electrons. The van der Waals surface area contributed by atoms with E-state index >= 15 is 0 Å². The Morgan fingerprint density at radius 2 is 1.20 bits per heavy atom. The second-order valence-corrected chi connectivity index (χ2v) is 6.88. The highest BCUT2D eigenvalue weighted by Gasteiger charge is 2.14. The van der Waals surface area contributed by atoms with Gasteiger partial charge in [-0.25, -0.2) is 0 Å². The van der Waals surface area contributed by atoms with Gasteiger partial charge in [0.1, 0.15) is 0 Å². The second-order valence-electron chi connectivity index (χ2n) is 6.88. The van der Waals surface area contributed by atoms with Gasteiger partial charge in [0, 0.05) is 6.42 Å². The van der Waals surface area contributed by atoms with Gasteiger partial charge in [0.05, 0.1) is 19.1 Å². The molecule has 0 aromatic heterocycles. The third kappa shape index (κ3) is 17.7. The van der Waals surface area contributed by atoms with Crippen molar-refractivity contribution in [2.45, 2.75) is 109 Å². The van der Waals surface area contributed by atoms with Crippen molar-refractivity contribution in [3.8, 4) is 0 Å². The smallest absolute Gasteiger partial charge is 0.316 e. The maximum Gasteiger partial charge on any atom is 0.316 e. The molecule has 0 saturated heterocycles. The van der Waals surface area contributed by atoms with E-state index in [0.29, 0.717) is 0 Å². The molecule has 0 aromatic rings. The molecule has 0 spiro atoms. The molecule has 5 heteroatoms. The van der Waals surface area contributed by atoms with E-state index in [1.807, 2.05) is 0 Å². The van der Waals surface area contributed by atoms with Crippen LogP contribution in [0.3, 0.4) is 0 Å². The molecule has 0 aliphatic carbocycles. The number of rotatable bonds is 17. The van der Waals surface area contributed by atoms with Gasteiger partial charge in [0.25, 0.3) is 0 Å². The number of carbonyl (C=O) groups is 2. The molecule has 0 aromatic carbocycles. The van der Waals surface area contributed by atoms with E-state index in [1.165, 1.54) is 64.2 Å². The lowest BCUT2D eigenvalue weighted by atomic mass is 10.0. The van der Waals surface area contributed by atoms with Gasteiger partial charge in [-0.3, -0.25) is 9.59 Å². The number of carbonyl (C=O) groups excluding carboxylic acids is 2. The van der Waals surface area contributed by atoms with Crippen molar-refractivity contribution in [1.82, 2.24) is 0 Å². The van der Waals surface area contributed by atoms with E-state index in [1.54, 1.807) is 0 Å². The summed E-state index contributed by atoms with van der Waals surface area (Å²) >= 11 is 0. The van der Waals surface area contributed by atoms with E-state index < -0.39 is 24.6 Å². The summed E-state index contributed by atoms with van der Waals surface area (Å²) in [6, 6.07) is 0. The van der Waals surface area contributed by atoms with Gasteiger partial charge in [0.15, 0.2) is 0 Å². The Balaban J connectivity index is 3.30. The van der Waals surface area contributed by atoms with Gasteiger partial charge >= 0.3 is 11.9 Å². The largest absolute Gasteiger partial charge is 0.394 e. The molecule has 0 fully saturated rings. The summed E-state index contributed by atoms with van der Waals surface area (Å²) < 4.78 is 4.58. The van der Waals surface area contributed by atoms with Crippen LogP contribution in [0.2, 0.25) is 0 Å². The third-order valence-corrected chi connectivity index (χ3v) is 4.33. The summed E-state index contributed by atoms with van der Waals surface area (Å²) in [5, 5.41) is 17.7. The summed E-state index contributed by atoms with van der Waals surface area (Å²) in [5.41, 5.74) is 0. The normalized spacial score (nSPS) is 12.1. The average Bonchev–Trinajstić information content (AvgIpc) is 2.58. The average molecular weight is 359 g/mol. The minimum atomic E-state index is -1.16. The molecular weight excluding hydrogens is 320 g/mol. The SMILES string of the molecule is CCCCCCCCCCCCCCCC(=O)OC(=O)CC(O)CO. The molecule has 25 heavy (non-hydrogen) atoms. The predicted molar refractivity (Wildman–Crippen MR) is 99.1 cm³/mol. The number of unbranched alkanes of at least 4 members (excludes halogenated alkanes) is 12. The Kier molecular flexibility index (Phi) is 17.2. The van der Waals surface area contributed by atoms with Crippen LogP contribution < -0.4 is 0 Å². The number of hydrogen-bond donors (Lipinski definition) is 2. The van der Waals surface area contributed by atoms with E-state index in [2.05, 4.69) is 11.7 Å². The lowest BCUT2D eigenvalue weighted by Crippen LogP contribution is -2.21. The van der Waals surface area contributed by atoms with Crippen LogP contribution in [-0.2, 0) is 14.3 Å². The maximum absolute atomic E-state index is 11.4. The van der Waals surface area contributed by atoms with E-state index in [9.17, 15) is 9.59 Å². The lowest BCUT2D eigenvalue weighted by Gasteiger charge is -2.06. The highest BCUT2D eigenvalue weighted by molar-refractivity contribution is 5.85. The molecule has 1 unspecified atom stereocenters. The quantitative estimate of drug-likeness (QED) is 0.230. The van der Waals surface area contributed by atoms with Crippen LogP contribution in [0.25, 0.3) is 0 Å². The molecule has 1 atom stereocenters. The van der Waals surface area contributed by atoms with Gasteiger partial charge in [-0.1, -0.05) is 84.0 Å². The molecule has 0 heterocycles. The van der Waals surface area contributed by atoms with Crippen molar-refractivity contribution < 1.29 is 24.5 Å². The first-order valence-electron chi connectivity index (χ1n) is 10.1. The van der Waals surface area contributed by atoms with Crippen molar-refractivity contribution in [3.05, 3.63) is 0 Å². The topological polar surface area (TPSA) is 83.8 Å². The van der Waals surface area contributed by atoms with Gasteiger partial charge < -0.3 is 14.9 Å². The van der Waals surface area contributed by atoms with Crippen LogP contribution in [0.5, 0.6) is 0 Å². The zero-order valence-electron chi connectivity index (χ0n) is 16.0. The van der Waals surface area contributed by atoms with Crippen LogP contribution in [0.4, 0.5) is 0 Å². The molecule has 0 bridgehead atoms. The Morgan fingerprint density at radius 1 is 0.760 bits per heavy atom. The molecule has 0 amide bonds. The Bertz CT molecular complexity index is 330. The molecule has 148 valence electrons. The highest BCUT2D eigenvalue weighted by Crippen LogP contribution is 2.13. The first-order valence-corrected chi connectivity index (χ1v) is 10.1. The van der Waals surface area contributed by atoms with Gasteiger partial charge in [-0.15, -0.1) is 0 Å². The van der Waals surface area contributed by atoms with E-state index in [-0.39, 0.29) is 12.8 Å². The zero-order valence-corrected chi connectivity index (χ0v) is 16.0. The van der Waals surface area contributed by atoms with Gasteiger partial charge in [-0.2, -0.15) is 0 Å². The van der Waals surface area contributed by atoms with Crippen molar-refractivity contribution in [3.63, 3.8) is 0 Å².